The predicted octanol–water partition coefficient (Wildman–Crippen LogP) is 3.25. The van der Waals surface area contributed by atoms with E-state index in [1.807, 2.05) is 42.5 Å². The smallest absolute Gasteiger partial charge is 0.243 e. The normalized spacial score (nSPS) is 15.0. The SMILES string of the molecule is CN=C(NCC(=O)Nc1ccccc1)NCC(c1cccc(OC)c1)N1CCCC1.I. The highest BCUT2D eigenvalue weighted by Gasteiger charge is 2.24. The Bertz CT molecular complexity index is 841. The summed E-state index contributed by atoms with van der Waals surface area (Å²) in [6, 6.07) is 17.8. The van der Waals surface area contributed by atoms with Crippen LogP contribution in [0.15, 0.2) is 59.6 Å². The molecule has 1 saturated heterocycles. The number of rotatable bonds is 8. The van der Waals surface area contributed by atoms with Gasteiger partial charge in [-0.3, -0.25) is 14.7 Å². The number of carbonyl (C=O) groups is 1. The maximum Gasteiger partial charge on any atom is 0.243 e. The molecule has 1 amide bonds. The molecule has 0 saturated carbocycles. The van der Waals surface area contributed by atoms with Crippen molar-refractivity contribution in [2.75, 3.05) is 45.7 Å². The Labute approximate surface area is 201 Å². The lowest BCUT2D eigenvalue weighted by atomic mass is 10.1. The minimum atomic E-state index is -0.118. The van der Waals surface area contributed by atoms with Gasteiger partial charge in [0.2, 0.25) is 5.91 Å². The number of nitrogens with one attached hydrogen (secondary N) is 3. The molecular formula is C23H32IN5O2. The Morgan fingerprint density at radius 3 is 2.52 bits per heavy atom. The van der Waals surface area contributed by atoms with Gasteiger partial charge in [-0.1, -0.05) is 30.3 Å². The van der Waals surface area contributed by atoms with Crippen LogP contribution in [0.25, 0.3) is 0 Å². The van der Waals surface area contributed by atoms with Crippen LogP contribution in [0.2, 0.25) is 0 Å². The number of halogens is 1. The monoisotopic (exact) mass is 537 g/mol. The average molecular weight is 537 g/mol. The molecule has 0 aliphatic carbocycles. The molecule has 1 unspecified atom stereocenters. The van der Waals surface area contributed by atoms with Crippen molar-refractivity contribution < 1.29 is 9.53 Å². The number of nitrogens with zero attached hydrogens (tertiary/aromatic N) is 2. The highest BCUT2D eigenvalue weighted by atomic mass is 127. The first-order valence-electron chi connectivity index (χ1n) is 10.4. The van der Waals surface area contributed by atoms with E-state index in [1.54, 1.807) is 14.2 Å². The van der Waals surface area contributed by atoms with E-state index < -0.39 is 0 Å². The molecule has 1 fully saturated rings. The van der Waals surface area contributed by atoms with E-state index in [4.69, 9.17) is 4.74 Å². The van der Waals surface area contributed by atoms with Crippen molar-refractivity contribution >= 4 is 41.5 Å². The van der Waals surface area contributed by atoms with Gasteiger partial charge in [0.25, 0.3) is 0 Å². The maximum absolute atomic E-state index is 12.2. The number of benzene rings is 2. The van der Waals surface area contributed by atoms with Crippen LogP contribution in [0.5, 0.6) is 5.75 Å². The van der Waals surface area contributed by atoms with Crippen LogP contribution in [0.1, 0.15) is 24.4 Å². The molecule has 1 aliphatic heterocycles. The van der Waals surface area contributed by atoms with E-state index in [1.165, 1.54) is 18.4 Å². The minimum Gasteiger partial charge on any atom is -0.497 e. The number of para-hydroxylation sites is 1. The first-order valence-corrected chi connectivity index (χ1v) is 10.4. The van der Waals surface area contributed by atoms with Gasteiger partial charge in [-0.05, 0) is 55.8 Å². The number of anilines is 1. The van der Waals surface area contributed by atoms with Crippen molar-refractivity contribution in [1.29, 1.82) is 0 Å². The van der Waals surface area contributed by atoms with Crippen LogP contribution in [0, 0.1) is 0 Å². The lowest BCUT2D eigenvalue weighted by molar-refractivity contribution is -0.115. The molecule has 3 rings (SSSR count). The summed E-state index contributed by atoms with van der Waals surface area (Å²) in [5, 5.41) is 9.33. The highest BCUT2D eigenvalue weighted by molar-refractivity contribution is 14.0. The quantitative estimate of drug-likeness (QED) is 0.274. The molecule has 2 aromatic carbocycles. The summed E-state index contributed by atoms with van der Waals surface area (Å²) in [5.41, 5.74) is 1.99. The number of likely N-dealkylation sites (tertiary alicyclic amines) is 1. The Morgan fingerprint density at radius 1 is 1.10 bits per heavy atom. The van der Waals surface area contributed by atoms with Gasteiger partial charge >= 0.3 is 0 Å². The summed E-state index contributed by atoms with van der Waals surface area (Å²) < 4.78 is 5.41. The largest absolute Gasteiger partial charge is 0.497 e. The van der Waals surface area contributed by atoms with Gasteiger partial charge in [0.15, 0.2) is 5.96 Å². The molecule has 7 nitrogen and oxygen atoms in total. The first kappa shape index (κ1) is 24.9. The fourth-order valence-corrected chi connectivity index (χ4v) is 3.66. The Kier molecular flexibility index (Phi) is 10.6. The Hall–Kier alpha value is -2.33. The lowest BCUT2D eigenvalue weighted by Crippen LogP contribution is -2.44. The number of hydrogen-bond acceptors (Lipinski definition) is 4. The second-order valence-electron chi connectivity index (χ2n) is 7.26. The Balaban J connectivity index is 0.00000341. The summed E-state index contributed by atoms with van der Waals surface area (Å²) in [5.74, 6) is 1.34. The maximum atomic E-state index is 12.2. The van der Waals surface area contributed by atoms with Crippen LogP contribution in [-0.4, -0.2) is 57.1 Å². The molecule has 8 heteroatoms. The molecule has 168 valence electrons. The summed E-state index contributed by atoms with van der Waals surface area (Å²) in [4.78, 5) is 18.9. The van der Waals surface area contributed by atoms with Crippen LogP contribution < -0.4 is 20.7 Å². The molecule has 0 bridgehead atoms. The van der Waals surface area contributed by atoms with Gasteiger partial charge < -0.3 is 20.7 Å². The molecule has 0 spiro atoms. The summed E-state index contributed by atoms with van der Waals surface area (Å²) in [6.07, 6.45) is 2.43. The molecule has 1 heterocycles. The van der Waals surface area contributed by atoms with Crippen molar-refractivity contribution in [2.24, 2.45) is 4.99 Å². The standard InChI is InChI=1S/C23H31N5O2.HI/c1-24-23(26-17-22(29)27-19-10-4-3-5-11-19)25-16-21(28-13-6-7-14-28)18-9-8-12-20(15-18)30-2;/h3-5,8-12,15,21H,6-7,13-14,16-17H2,1-2H3,(H,27,29)(H2,24,25,26);1H. The molecule has 2 aromatic rings. The summed E-state index contributed by atoms with van der Waals surface area (Å²) in [6.45, 7) is 2.99. The fraction of sp³-hybridized carbons (Fsp3) is 0.391. The third-order valence-corrected chi connectivity index (χ3v) is 5.22. The third kappa shape index (κ3) is 7.70. The van der Waals surface area contributed by atoms with E-state index >= 15 is 0 Å². The van der Waals surface area contributed by atoms with Crippen LogP contribution in [-0.2, 0) is 4.79 Å². The van der Waals surface area contributed by atoms with E-state index in [0.29, 0.717) is 12.5 Å². The summed E-state index contributed by atoms with van der Waals surface area (Å²) in [7, 11) is 3.40. The van der Waals surface area contributed by atoms with Gasteiger partial charge in [0.05, 0.1) is 19.7 Å². The molecule has 31 heavy (non-hydrogen) atoms. The molecule has 0 aromatic heterocycles. The number of ether oxygens (including phenoxy) is 1. The van der Waals surface area contributed by atoms with E-state index in [0.717, 1.165) is 24.5 Å². The highest BCUT2D eigenvalue weighted by Crippen LogP contribution is 2.27. The van der Waals surface area contributed by atoms with Crippen molar-refractivity contribution in [3.63, 3.8) is 0 Å². The molecular weight excluding hydrogens is 505 g/mol. The molecule has 0 radical (unpaired) electrons. The molecule has 1 aliphatic rings. The third-order valence-electron chi connectivity index (χ3n) is 5.22. The van der Waals surface area contributed by atoms with Gasteiger partial charge in [-0.25, -0.2) is 0 Å². The Morgan fingerprint density at radius 2 is 1.84 bits per heavy atom. The second kappa shape index (κ2) is 13.2. The number of aliphatic imine (C=N–C) groups is 1. The second-order valence-corrected chi connectivity index (χ2v) is 7.26. The zero-order valence-corrected chi connectivity index (χ0v) is 20.5. The topological polar surface area (TPSA) is 78.0 Å². The van der Waals surface area contributed by atoms with Crippen molar-refractivity contribution in [2.45, 2.75) is 18.9 Å². The first-order chi connectivity index (χ1) is 14.7. The van der Waals surface area contributed by atoms with Crippen molar-refractivity contribution in [3.8, 4) is 5.75 Å². The van der Waals surface area contributed by atoms with E-state index in [2.05, 4.69) is 38.0 Å². The minimum absolute atomic E-state index is 0. The van der Waals surface area contributed by atoms with Gasteiger partial charge in [0.1, 0.15) is 5.75 Å². The zero-order valence-electron chi connectivity index (χ0n) is 18.1. The molecule has 3 N–H and O–H groups in total. The van der Waals surface area contributed by atoms with E-state index in [-0.39, 0.29) is 42.5 Å². The molecule has 1 atom stereocenters. The number of hydrogen-bond donors (Lipinski definition) is 3. The predicted molar refractivity (Wildman–Crippen MR) is 136 cm³/mol. The van der Waals surface area contributed by atoms with Crippen LogP contribution in [0.3, 0.4) is 0 Å². The van der Waals surface area contributed by atoms with Crippen molar-refractivity contribution in [1.82, 2.24) is 15.5 Å². The number of carbonyl (C=O) groups excluding carboxylic acids is 1. The van der Waals surface area contributed by atoms with Gasteiger partial charge in [-0.2, -0.15) is 0 Å². The number of guanidine groups is 1. The van der Waals surface area contributed by atoms with E-state index in [9.17, 15) is 4.79 Å². The van der Waals surface area contributed by atoms with Crippen LogP contribution in [0.4, 0.5) is 5.69 Å². The lowest BCUT2D eigenvalue weighted by Gasteiger charge is -2.29. The number of methoxy groups -OCH3 is 1. The average Bonchev–Trinajstić information content (AvgIpc) is 3.31. The van der Waals surface area contributed by atoms with Gasteiger partial charge in [-0.15, -0.1) is 24.0 Å². The van der Waals surface area contributed by atoms with Gasteiger partial charge in [0, 0.05) is 19.3 Å². The summed E-state index contributed by atoms with van der Waals surface area (Å²) >= 11 is 0. The van der Waals surface area contributed by atoms with Crippen molar-refractivity contribution in [3.05, 3.63) is 60.2 Å². The fourth-order valence-electron chi connectivity index (χ4n) is 3.66. The zero-order chi connectivity index (χ0) is 21.2. The van der Waals surface area contributed by atoms with Crippen LogP contribution >= 0.6 is 24.0 Å². The number of amides is 1.